The summed E-state index contributed by atoms with van der Waals surface area (Å²) in [4.78, 5) is 38.5. The molecule has 35 heavy (non-hydrogen) atoms. The van der Waals surface area contributed by atoms with Crippen molar-refractivity contribution in [3.05, 3.63) is 24.0 Å². The first-order chi connectivity index (χ1) is 16.3. The highest BCUT2D eigenvalue weighted by Gasteiger charge is 2.41. The van der Waals surface area contributed by atoms with Crippen LogP contribution in [0.1, 0.15) is 0 Å². The van der Waals surface area contributed by atoms with Gasteiger partial charge in [-0.3, -0.25) is 19.4 Å². The van der Waals surface area contributed by atoms with Crippen molar-refractivity contribution in [3.63, 3.8) is 0 Å². The Balaban J connectivity index is 1.61. The van der Waals surface area contributed by atoms with E-state index < -0.39 is 46.6 Å². The maximum Gasteiger partial charge on any atom is 0.471 e. The largest absolute Gasteiger partial charge is 0.471 e. The number of hydrogen-bond donors (Lipinski definition) is 2. The van der Waals surface area contributed by atoms with E-state index in [4.69, 9.17) is 39.5 Å². The monoisotopic (exact) mass is 563 g/mol. The second-order valence-electron chi connectivity index (χ2n) is 7.71. The normalized spacial score (nSPS) is 20.4. The number of carbonyl (C=O) groups is 3. The van der Waals surface area contributed by atoms with E-state index in [2.05, 4.69) is 5.32 Å². The second-order valence-corrected chi connectivity index (χ2v) is 10.1. The highest BCUT2D eigenvalue weighted by atomic mass is 35.6. The number of ether oxygens (including phenoxy) is 1. The summed E-state index contributed by atoms with van der Waals surface area (Å²) in [7, 11) is 0. The molecule has 2 atom stereocenters. The van der Waals surface area contributed by atoms with E-state index in [0.29, 0.717) is 32.6 Å². The highest BCUT2D eigenvalue weighted by Crippen LogP contribution is 2.33. The molecule has 3 rings (SSSR count). The number of hydrogen-bond acceptors (Lipinski definition) is 6. The second kappa shape index (κ2) is 10.8. The van der Waals surface area contributed by atoms with Crippen molar-refractivity contribution in [2.75, 3.05) is 49.1 Å². The summed E-state index contributed by atoms with van der Waals surface area (Å²) in [5.41, 5.74) is 0.398. The SMILES string of the molecule is O=CNC(N1CCN(c2ccc(N3C[C@H](CNC(=O)C(F)(F)F)OC3=O)cc2F)CC1)C(Cl)(Cl)Cl. The van der Waals surface area contributed by atoms with Gasteiger partial charge in [-0.2, -0.15) is 13.2 Å². The summed E-state index contributed by atoms with van der Waals surface area (Å²) in [6.45, 7) is 0.687. The van der Waals surface area contributed by atoms with E-state index in [9.17, 15) is 31.9 Å². The van der Waals surface area contributed by atoms with Gasteiger partial charge in [-0.15, -0.1) is 0 Å². The molecular formula is C19H20Cl3F4N5O4. The summed E-state index contributed by atoms with van der Waals surface area (Å²) in [6.07, 6.45) is -7.41. The summed E-state index contributed by atoms with van der Waals surface area (Å²) < 4.78 is 55.1. The lowest BCUT2D eigenvalue weighted by atomic mass is 10.2. The lowest BCUT2D eigenvalue weighted by Gasteiger charge is -2.42. The quantitative estimate of drug-likeness (QED) is 0.300. The smallest absolute Gasteiger partial charge is 0.442 e. The minimum Gasteiger partial charge on any atom is -0.442 e. The highest BCUT2D eigenvalue weighted by molar-refractivity contribution is 6.68. The number of nitrogens with zero attached hydrogens (tertiary/aromatic N) is 3. The van der Waals surface area contributed by atoms with Crippen molar-refractivity contribution in [2.45, 2.75) is 22.2 Å². The minimum atomic E-state index is -5.06. The van der Waals surface area contributed by atoms with Crippen LogP contribution in [0.5, 0.6) is 0 Å². The first kappa shape index (κ1) is 27.4. The van der Waals surface area contributed by atoms with Gasteiger partial charge in [-0.25, -0.2) is 9.18 Å². The summed E-state index contributed by atoms with van der Waals surface area (Å²) in [5, 5.41) is 4.10. The van der Waals surface area contributed by atoms with Gasteiger partial charge >= 0.3 is 18.2 Å². The van der Waals surface area contributed by atoms with Gasteiger partial charge in [-0.1, -0.05) is 34.8 Å². The molecule has 0 aromatic heterocycles. The average molecular weight is 565 g/mol. The lowest BCUT2D eigenvalue weighted by molar-refractivity contribution is -0.173. The topological polar surface area (TPSA) is 94.2 Å². The predicted octanol–water partition coefficient (Wildman–Crippen LogP) is 2.39. The Hall–Kier alpha value is -2.22. The molecule has 3 amide bonds. The van der Waals surface area contributed by atoms with Gasteiger partial charge in [0.15, 0.2) is 0 Å². The summed E-state index contributed by atoms with van der Waals surface area (Å²) >= 11 is 17.8. The number of alkyl halides is 6. The van der Waals surface area contributed by atoms with E-state index in [-0.39, 0.29) is 17.9 Å². The number of halogens is 7. The molecule has 2 heterocycles. The van der Waals surface area contributed by atoms with Crippen molar-refractivity contribution in [1.29, 1.82) is 0 Å². The Labute approximate surface area is 212 Å². The van der Waals surface area contributed by atoms with Crippen LogP contribution in [-0.2, 0) is 14.3 Å². The van der Waals surface area contributed by atoms with Gasteiger partial charge < -0.3 is 20.3 Å². The number of amides is 3. The molecule has 2 saturated heterocycles. The Morgan fingerprint density at radius 1 is 1.20 bits per heavy atom. The Kier molecular flexibility index (Phi) is 8.45. The maximum absolute atomic E-state index is 14.9. The molecule has 0 bridgehead atoms. The molecule has 2 aliphatic rings. The van der Waals surface area contributed by atoms with Crippen LogP contribution in [0.2, 0.25) is 0 Å². The van der Waals surface area contributed by atoms with Gasteiger partial charge in [-0.05, 0) is 18.2 Å². The molecule has 0 aliphatic carbocycles. The lowest BCUT2D eigenvalue weighted by Crippen LogP contribution is -2.59. The Morgan fingerprint density at radius 2 is 1.86 bits per heavy atom. The third-order valence-corrected chi connectivity index (χ3v) is 6.04. The van der Waals surface area contributed by atoms with E-state index in [0.717, 1.165) is 11.0 Å². The van der Waals surface area contributed by atoms with E-state index >= 15 is 0 Å². The molecule has 1 aromatic rings. The third-order valence-electron chi connectivity index (χ3n) is 5.42. The number of nitrogens with one attached hydrogen (secondary N) is 2. The van der Waals surface area contributed by atoms with E-state index in [1.54, 1.807) is 15.1 Å². The van der Waals surface area contributed by atoms with Gasteiger partial charge in [0.1, 0.15) is 18.1 Å². The van der Waals surface area contributed by atoms with Crippen LogP contribution in [0.25, 0.3) is 0 Å². The van der Waals surface area contributed by atoms with Crippen LogP contribution >= 0.6 is 34.8 Å². The fourth-order valence-electron chi connectivity index (χ4n) is 3.76. The summed E-state index contributed by atoms with van der Waals surface area (Å²) in [5.74, 6) is -2.79. The molecular weight excluding hydrogens is 545 g/mol. The molecule has 0 saturated carbocycles. The molecule has 16 heteroatoms. The van der Waals surface area contributed by atoms with Crippen LogP contribution in [0, 0.1) is 5.82 Å². The van der Waals surface area contributed by atoms with Crippen LogP contribution in [0.3, 0.4) is 0 Å². The number of cyclic esters (lactones) is 1. The van der Waals surface area contributed by atoms with Gasteiger partial charge in [0.2, 0.25) is 10.2 Å². The van der Waals surface area contributed by atoms with Crippen molar-refractivity contribution < 1.29 is 36.7 Å². The van der Waals surface area contributed by atoms with Crippen LogP contribution < -0.4 is 20.4 Å². The average Bonchev–Trinajstić information content (AvgIpc) is 3.15. The number of anilines is 2. The predicted molar refractivity (Wildman–Crippen MR) is 120 cm³/mol. The van der Waals surface area contributed by atoms with Crippen molar-refractivity contribution in [2.24, 2.45) is 0 Å². The first-order valence-electron chi connectivity index (χ1n) is 10.2. The Morgan fingerprint density at radius 3 is 2.40 bits per heavy atom. The molecule has 2 fully saturated rings. The Bertz CT molecular complexity index is 957. The van der Waals surface area contributed by atoms with E-state index in [1.807, 2.05) is 0 Å². The number of benzene rings is 1. The van der Waals surface area contributed by atoms with Crippen molar-refractivity contribution >= 4 is 64.6 Å². The third kappa shape index (κ3) is 6.72. The number of carbonyl (C=O) groups excluding carboxylic acids is 3. The summed E-state index contributed by atoms with van der Waals surface area (Å²) in [6, 6.07) is 4.04. The van der Waals surface area contributed by atoms with Gasteiger partial charge in [0.05, 0.1) is 24.5 Å². The molecule has 2 aliphatic heterocycles. The first-order valence-corrected chi connectivity index (χ1v) is 11.3. The zero-order valence-corrected chi connectivity index (χ0v) is 20.1. The van der Waals surface area contributed by atoms with Gasteiger partial charge in [0.25, 0.3) is 0 Å². The number of rotatable bonds is 7. The van der Waals surface area contributed by atoms with Gasteiger partial charge in [0, 0.05) is 26.2 Å². The van der Waals surface area contributed by atoms with Crippen LogP contribution in [0.4, 0.5) is 33.7 Å². The molecule has 9 nitrogen and oxygen atoms in total. The molecule has 194 valence electrons. The maximum atomic E-state index is 14.9. The van der Waals surface area contributed by atoms with Crippen molar-refractivity contribution in [1.82, 2.24) is 15.5 Å². The molecule has 1 aromatic carbocycles. The standard InChI is InChI=1S/C19H20Cl3F4N5O4/c20-18(21,22)15(28-10-32)30-5-3-29(4-6-30)14-2-1-11(7-13(14)23)31-9-12(35-17(31)34)8-27-16(33)19(24,25)26/h1-2,7,10,12,15H,3-6,8-9H2,(H,27,33)(H,28,32)/t12-,15?/m0/s1. The molecule has 1 unspecified atom stereocenters. The molecule has 0 radical (unpaired) electrons. The van der Waals surface area contributed by atoms with Crippen LogP contribution in [0.15, 0.2) is 18.2 Å². The number of piperazine rings is 1. The van der Waals surface area contributed by atoms with E-state index in [1.165, 1.54) is 12.1 Å². The zero-order valence-electron chi connectivity index (χ0n) is 17.8. The van der Waals surface area contributed by atoms with Crippen molar-refractivity contribution in [3.8, 4) is 0 Å². The molecule has 0 spiro atoms. The fourth-order valence-corrected chi connectivity index (χ4v) is 4.36. The molecule has 2 N–H and O–H groups in total. The fraction of sp³-hybridized carbons (Fsp3) is 0.526. The minimum absolute atomic E-state index is 0.144. The van der Waals surface area contributed by atoms with Crippen LogP contribution in [-0.4, -0.2) is 84.8 Å². The zero-order chi connectivity index (χ0) is 26.0.